The molecule has 8 heteroatoms. The van der Waals surface area contributed by atoms with Gasteiger partial charge in [-0.1, -0.05) is 18.2 Å². The summed E-state index contributed by atoms with van der Waals surface area (Å²) in [6, 6.07) is 10.9. The van der Waals surface area contributed by atoms with Gasteiger partial charge in [-0.15, -0.1) is 24.0 Å². The van der Waals surface area contributed by atoms with E-state index in [1.807, 2.05) is 6.92 Å². The Morgan fingerprint density at radius 3 is 2.71 bits per heavy atom. The lowest BCUT2D eigenvalue weighted by Gasteiger charge is -2.17. The zero-order valence-corrected chi connectivity index (χ0v) is 20.3. The predicted octanol–water partition coefficient (Wildman–Crippen LogP) is 3.52. The third kappa shape index (κ3) is 7.62. The van der Waals surface area contributed by atoms with Gasteiger partial charge in [0, 0.05) is 43.8 Å². The highest BCUT2D eigenvalue weighted by Gasteiger charge is 2.17. The van der Waals surface area contributed by atoms with Gasteiger partial charge in [0.1, 0.15) is 11.6 Å². The van der Waals surface area contributed by atoms with Gasteiger partial charge in [0.05, 0.1) is 19.8 Å². The van der Waals surface area contributed by atoms with Crippen LogP contribution in [-0.2, 0) is 24.4 Å². The molecule has 2 aromatic rings. The molecule has 1 fully saturated rings. The topological polar surface area (TPSA) is 75.1 Å². The summed E-state index contributed by atoms with van der Waals surface area (Å²) in [7, 11) is 1.70. The number of benzene rings is 2. The Kier molecular flexibility index (Phi) is 10.5. The van der Waals surface area contributed by atoms with Gasteiger partial charge in [-0.25, -0.2) is 4.39 Å². The van der Waals surface area contributed by atoms with Crippen LogP contribution < -0.4 is 15.4 Å². The molecule has 0 radical (unpaired) electrons. The lowest BCUT2D eigenvalue weighted by molar-refractivity contribution is 0.166. The van der Waals surface area contributed by atoms with Crippen molar-refractivity contribution in [2.45, 2.75) is 33.0 Å². The van der Waals surface area contributed by atoms with Gasteiger partial charge < -0.3 is 25.2 Å². The van der Waals surface area contributed by atoms with Crippen molar-refractivity contribution in [3.05, 3.63) is 64.5 Å². The maximum absolute atomic E-state index is 13.5. The van der Waals surface area contributed by atoms with Gasteiger partial charge in [-0.05, 0) is 42.7 Å². The van der Waals surface area contributed by atoms with Crippen molar-refractivity contribution < 1.29 is 19.0 Å². The number of hydrogen-bond donors (Lipinski definition) is 3. The number of aryl methyl sites for hydroxylation is 1. The van der Waals surface area contributed by atoms with Gasteiger partial charge >= 0.3 is 0 Å². The molecule has 3 rings (SSSR count). The monoisotopic (exact) mass is 543 g/mol. The van der Waals surface area contributed by atoms with Crippen molar-refractivity contribution in [1.82, 2.24) is 10.6 Å². The van der Waals surface area contributed by atoms with Crippen LogP contribution in [0.2, 0.25) is 0 Å². The molecule has 1 heterocycles. The van der Waals surface area contributed by atoms with Crippen LogP contribution in [0.4, 0.5) is 4.39 Å². The van der Waals surface area contributed by atoms with Crippen molar-refractivity contribution >= 4 is 29.9 Å². The summed E-state index contributed by atoms with van der Waals surface area (Å²) in [6.07, 6.45) is 1.04. The molecule has 1 aliphatic heterocycles. The van der Waals surface area contributed by atoms with E-state index in [1.165, 1.54) is 6.07 Å². The fourth-order valence-corrected chi connectivity index (χ4v) is 3.31. The highest BCUT2D eigenvalue weighted by molar-refractivity contribution is 14.0. The molecule has 1 aliphatic rings. The molecule has 0 aliphatic carbocycles. The minimum Gasteiger partial charge on any atom is -0.493 e. The summed E-state index contributed by atoms with van der Waals surface area (Å²) in [6.45, 7) is 4.97. The fourth-order valence-electron chi connectivity index (χ4n) is 3.31. The van der Waals surface area contributed by atoms with Gasteiger partial charge in [0.25, 0.3) is 0 Å². The van der Waals surface area contributed by atoms with Crippen LogP contribution in [-0.4, -0.2) is 37.9 Å². The van der Waals surface area contributed by atoms with Gasteiger partial charge in [0.2, 0.25) is 0 Å². The Hall–Kier alpha value is -1.91. The number of nitrogens with one attached hydrogen (secondary N) is 2. The van der Waals surface area contributed by atoms with Crippen LogP contribution in [0.25, 0.3) is 0 Å². The lowest BCUT2D eigenvalue weighted by Crippen LogP contribution is -2.36. The van der Waals surface area contributed by atoms with Crippen molar-refractivity contribution in [2.75, 3.05) is 26.9 Å². The van der Waals surface area contributed by atoms with Crippen molar-refractivity contribution in [3.63, 3.8) is 0 Å². The quantitative estimate of drug-likeness (QED) is 0.270. The largest absolute Gasteiger partial charge is 0.493 e. The fraction of sp³-hybridized carbons (Fsp3) is 0.435. The molecule has 6 nitrogen and oxygen atoms in total. The molecule has 170 valence electrons. The molecule has 0 saturated carbocycles. The van der Waals surface area contributed by atoms with Crippen LogP contribution in [0.1, 0.15) is 28.7 Å². The second kappa shape index (κ2) is 12.8. The third-order valence-corrected chi connectivity index (χ3v) is 5.13. The molecule has 0 amide bonds. The Balaban J connectivity index is 0.00000341. The first-order valence-corrected chi connectivity index (χ1v) is 10.2. The predicted molar refractivity (Wildman–Crippen MR) is 130 cm³/mol. The molecule has 2 aromatic carbocycles. The number of aliphatic hydroxyl groups excluding tert-OH is 1. The first-order valence-electron chi connectivity index (χ1n) is 10.2. The van der Waals surface area contributed by atoms with Crippen molar-refractivity contribution in [2.24, 2.45) is 10.9 Å². The van der Waals surface area contributed by atoms with Crippen LogP contribution in [0.15, 0.2) is 41.4 Å². The van der Waals surface area contributed by atoms with E-state index in [1.54, 1.807) is 19.2 Å². The number of aliphatic hydroxyl groups is 1. The number of rotatable bonds is 8. The van der Waals surface area contributed by atoms with Gasteiger partial charge in [-0.2, -0.15) is 0 Å². The van der Waals surface area contributed by atoms with E-state index < -0.39 is 5.82 Å². The number of halogens is 2. The molecular weight excluding hydrogens is 512 g/mol. The van der Waals surface area contributed by atoms with E-state index in [4.69, 9.17) is 9.47 Å². The summed E-state index contributed by atoms with van der Waals surface area (Å²) in [4.78, 5) is 4.25. The van der Waals surface area contributed by atoms with E-state index >= 15 is 0 Å². The highest BCUT2D eigenvalue weighted by Crippen LogP contribution is 2.22. The van der Waals surface area contributed by atoms with Crippen LogP contribution in [0.3, 0.4) is 0 Å². The first kappa shape index (κ1) is 25.4. The lowest BCUT2D eigenvalue weighted by atomic mass is 10.1. The molecule has 0 spiro atoms. The Labute approximate surface area is 200 Å². The van der Waals surface area contributed by atoms with E-state index in [0.717, 1.165) is 42.1 Å². The number of guanidine groups is 1. The zero-order valence-electron chi connectivity index (χ0n) is 18.0. The van der Waals surface area contributed by atoms with Gasteiger partial charge in [-0.3, -0.25) is 4.99 Å². The second-order valence-corrected chi connectivity index (χ2v) is 7.51. The summed E-state index contributed by atoms with van der Waals surface area (Å²) in [5.74, 6) is 1.54. The summed E-state index contributed by atoms with van der Waals surface area (Å²) in [5.41, 5.74) is 3.34. The first-order chi connectivity index (χ1) is 14.6. The minimum absolute atomic E-state index is 0. The normalized spacial score (nSPS) is 16.0. The summed E-state index contributed by atoms with van der Waals surface area (Å²) in [5, 5.41) is 15.7. The molecule has 1 atom stereocenters. The molecular formula is C23H31FIN3O3. The van der Waals surface area contributed by atoms with Gasteiger partial charge in [0.15, 0.2) is 5.96 Å². The van der Waals surface area contributed by atoms with Crippen LogP contribution >= 0.6 is 24.0 Å². The van der Waals surface area contributed by atoms with E-state index in [9.17, 15) is 9.50 Å². The average molecular weight is 543 g/mol. The van der Waals surface area contributed by atoms with E-state index in [0.29, 0.717) is 31.6 Å². The van der Waals surface area contributed by atoms with E-state index in [2.05, 4.69) is 33.8 Å². The molecule has 1 saturated heterocycles. The number of nitrogens with zero attached hydrogens (tertiary/aromatic N) is 1. The molecule has 31 heavy (non-hydrogen) atoms. The Morgan fingerprint density at radius 2 is 2.00 bits per heavy atom. The maximum atomic E-state index is 13.5. The Bertz CT molecular complexity index is 873. The number of ether oxygens (including phenoxy) is 2. The molecule has 1 unspecified atom stereocenters. The summed E-state index contributed by atoms with van der Waals surface area (Å²) >= 11 is 0. The maximum Gasteiger partial charge on any atom is 0.191 e. The minimum atomic E-state index is -0.403. The van der Waals surface area contributed by atoms with Crippen molar-refractivity contribution in [1.29, 1.82) is 0 Å². The molecule has 0 bridgehead atoms. The third-order valence-electron chi connectivity index (χ3n) is 5.13. The SMILES string of the molecule is CN=C(NCc1ccc(F)c(CO)c1)NCc1ccc(C)cc1OCC1CCOC1.I. The smallest absolute Gasteiger partial charge is 0.191 e. The Morgan fingerprint density at radius 1 is 1.19 bits per heavy atom. The standard InChI is InChI=1S/C23H30FN3O3.HI/c1-16-3-5-19(22(9-16)30-15-18-7-8-29-14-18)12-27-23(25-2)26-11-17-4-6-21(24)20(10-17)13-28;/h3-6,9-10,18,28H,7-8,11-15H2,1-2H3,(H2,25,26,27);1H. The molecule has 0 aromatic heterocycles. The number of aliphatic imine (C=N–C) groups is 1. The number of hydrogen-bond acceptors (Lipinski definition) is 4. The van der Waals surface area contributed by atoms with E-state index in [-0.39, 0.29) is 36.1 Å². The average Bonchev–Trinajstić information content (AvgIpc) is 3.28. The van der Waals surface area contributed by atoms with Crippen molar-refractivity contribution in [3.8, 4) is 5.75 Å². The summed E-state index contributed by atoms with van der Waals surface area (Å²) < 4.78 is 25.1. The van der Waals surface area contributed by atoms with Crippen LogP contribution in [0.5, 0.6) is 5.75 Å². The zero-order chi connectivity index (χ0) is 21.3. The second-order valence-electron chi connectivity index (χ2n) is 7.51. The molecule has 3 N–H and O–H groups in total. The van der Waals surface area contributed by atoms with Crippen LogP contribution in [0, 0.1) is 18.7 Å². The highest BCUT2D eigenvalue weighted by atomic mass is 127.